The third-order valence-electron chi connectivity index (χ3n) is 2.82. The molecule has 0 amide bonds. The van der Waals surface area contributed by atoms with E-state index in [4.69, 9.17) is 5.26 Å². The number of hydrogen-bond donors (Lipinski definition) is 1. The van der Waals surface area contributed by atoms with Gasteiger partial charge in [0.25, 0.3) is 0 Å². The Hall–Kier alpha value is -2.70. The highest BCUT2D eigenvalue weighted by Crippen LogP contribution is 2.15. The molecule has 0 aliphatic carbocycles. The second-order valence-corrected chi connectivity index (χ2v) is 4.20. The van der Waals surface area contributed by atoms with Gasteiger partial charge in [-0.2, -0.15) is 10.5 Å². The summed E-state index contributed by atoms with van der Waals surface area (Å²) in [7, 11) is 0. The van der Waals surface area contributed by atoms with Crippen molar-refractivity contribution < 1.29 is 0 Å². The molecule has 0 aliphatic rings. The Morgan fingerprint density at radius 2 is 2.15 bits per heavy atom. The van der Waals surface area contributed by atoms with Gasteiger partial charge in [0.05, 0.1) is 0 Å². The van der Waals surface area contributed by atoms with Gasteiger partial charge in [-0.3, -0.25) is 4.57 Å². The van der Waals surface area contributed by atoms with Crippen molar-refractivity contribution in [2.45, 2.75) is 19.9 Å². The zero-order chi connectivity index (χ0) is 14.4. The molecule has 0 unspecified atom stereocenters. The van der Waals surface area contributed by atoms with Crippen LogP contribution in [0, 0.1) is 22.7 Å². The highest BCUT2D eigenvalue weighted by molar-refractivity contribution is 5.44. The first-order chi connectivity index (χ1) is 9.81. The van der Waals surface area contributed by atoms with Gasteiger partial charge in [-0.15, -0.1) is 0 Å². The molecule has 6 heteroatoms. The van der Waals surface area contributed by atoms with Crippen molar-refractivity contribution in [1.82, 2.24) is 19.9 Å². The number of pyridine rings is 1. The van der Waals surface area contributed by atoms with Crippen LogP contribution in [0.4, 0.5) is 0 Å². The molecule has 2 heterocycles. The highest BCUT2D eigenvalue weighted by Gasteiger charge is 2.14. The fraction of sp³-hybridized carbons (Fsp3) is 0.286. The van der Waals surface area contributed by atoms with E-state index in [2.05, 4.69) is 22.2 Å². The van der Waals surface area contributed by atoms with Crippen LogP contribution in [0.25, 0.3) is 5.82 Å². The average molecular weight is 266 g/mol. The van der Waals surface area contributed by atoms with E-state index in [1.807, 2.05) is 24.3 Å². The standard InChI is InChI=1S/C14H14N6/c1-2-5-17-9-11-4-3-6-18-14(11)20-10-19-12(7-15)13(20)8-16/h3-4,6,10,17H,2,5,9H2,1H3. The van der Waals surface area contributed by atoms with Gasteiger partial charge < -0.3 is 5.32 Å². The molecule has 0 radical (unpaired) electrons. The molecule has 0 saturated carbocycles. The lowest BCUT2D eigenvalue weighted by atomic mass is 10.2. The number of nitriles is 2. The Balaban J connectivity index is 2.41. The van der Waals surface area contributed by atoms with Gasteiger partial charge in [0, 0.05) is 18.3 Å². The second-order valence-electron chi connectivity index (χ2n) is 4.20. The van der Waals surface area contributed by atoms with Crippen LogP contribution in [-0.2, 0) is 6.54 Å². The minimum Gasteiger partial charge on any atom is -0.313 e. The Morgan fingerprint density at radius 1 is 1.30 bits per heavy atom. The maximum atomic E-state index is 9.18. The highest BCUT2D eigenvalue weighted by atomic mass is 15.1. The fourth-order valence-electron chi connectivity index (χ4n) is 1.88. The Morgan fingerprint density at radius 3 is 2.85 bits per heavy atom. The average Bonchev–Trinajstić information content (AvgIpc) is 2.90. The molecule has 2 aromatic rings. The molecule has 0 saturated heterocycles. The van der Waals surface area contributed by atoms with Crippen LogP contribution in [0.3, 0.4) is 0 Å². The fourth-order valence-corrected chi connectivity index (χ4v) is 1.88. The zero-order valence-electron chi connectivity index (χ0n) is 11.2. The molecule has 2 aromatic heterocycles. The first kappa shape index (κ1) is 13.7. The summed E-state index contributed by atoms with van der Waals surface area (Å²) in [5, 5.41) is 21.4. The first-order valence-electron chi connectivity index (χ1n) is 6.34. The normalized spacial score (nSPS) is 9.95. The van der Waals surface area contributed by atoms with E-state index in [1.54, 1.807) is 10.8 Å². The van der Waals surface area contributed by atoms with Gasteiger partial charge in [0.15, 0.2) is 11.4 Å². The second kappa shape index (κ2) is 6.46. The maximum Gasteiger partial charge on any atom is 0.177 e. The zero-order valence-corrected chi connectivity index (χ0v) is 11.2. The lowest BCUT2D eigenvalue weighted by Crippen LogP contribution is -2.16. The smallest absolute Gasteiger partial charge is 0.177 e. The third-order valence-corrected chi connectivity index (χ3v) is 2.82. The SMILES string of the molecule is CCCNCc1cccnc1-n1cnc(C#N)c1C#N. The monoisotopic (exact) mass is 266 g/mol. The van der Waals surface area contributed by atoms with E-state index < -0.39 is 0 Å². The number of nitrogens with zero attached hydrogens (tertiary/aromatic N) is 5. The van der Waals surface area contributed by atoms with Crippen molar-refractivity contribution in [1.29, 1.82) is 10.5 Å². The summed E-state index contributed by atoms with van der Waals surface area (Å²) in [4.78, 5) is 8.24. The summed E-state index contributed by atoms with van der Waals surface area (Å²) in [6, 6.07) is 7.71. The van der Waals surface area contributed by atoms with Crippen LogP contribution < -0.4 is 5.32 Å². The Labute approximate surface area is 117 Å². The largest absolute Gasteiger partial charge is 0.313 e. The molecule has 1 N–H and O–H groups in total. The summed E-state index contributed by atoms with van der Waals surface area (Å²) in [6.45, 7) is 3.66. The van der Waals surface area contributed by atoms with E-state index in [9.17, 15) is 5.26 Å². The molecule has 0 fully saturated rings. The van der Waals surface area contributed by atoms with Gasteiger partial charge in [-0.1, -0.05) is 13.0 Å². The van der Waals surface area contributed by atoms with Crippen molar-refractivity contribution >= 4 is 0 Å². The van der Waals surface area contributed by atoms with Crippen LogP contribution in [0.2, 0.25) is 0 Å². The number of hydrogen-bond acceptors (Lipinski definition) is 5. The summed E-state index contributed by atoms with van der Waals surface area (Å²) in [5.41, 5.74) is 1.29. The molecule has 0 atom stereocenters. The van der Waals surface area contributed by atoms with E-state index in [1.165, 1.54) is 6.33 Å². The molecule has 2 rings (SSSR count). The number of imidazole rings is 1. The predicted molar refractivity (Wildman–Crippen MR) is 72.8 cm³/mol. The van der Waals surface area contributed by atoms with Crippen LogP contribution in [0.5, 0.6) is 0 Å². The van der Waals surface area contributed by atoms with Gasteiger partial charge >= 0.3 is 0 Å². The van der Waals surface area contributed by atoms with Crippen LogP contribution >= 0.6 is 0 Å². The number of rotatable bonds is 5. The Bertz CT molecular complexity index is 674. The van der Waals surface area contributed by atoms with Crippen LogP contribution in [-0.4, -0.2) is 21.1 Å². The molecule has 0 aromatic carbocycles. The predicted octanol–water partition coefficient (Wildman–Crippen LogP) is 1.51. The van der Waals surface area contributed by atoms with Crippen molar-refractivity contribution in [3.63, 3.8) is 0 Å². The van der Waals surface area contributed by atoms with Gasteiger partial charge in [-0.25, -0.2) is 9.97 Å². The molecule has 0 spiro atoms. The van der Waals surface area contributed by atoms with Crippen LogP contribution in [0.15, 0.2) is 24.7 Å². The van der Waals surface area contributed by atoms with Crippen molar-refractivity contribution in [3.8, 4) is 18.0 Å². The van der Waals surface area contributed by atoms with Gasteiger partial charge in [-0.05, 0) is 19.0 Å². The topological polar surface area (TPSA) is 90.3 Å². The minimum absolute atomic E-state index is 0.116. The summed E-state index contributed by atoms with van der Waals surface area (Å²) in [5.74, 6) is 0.627. The number of nitrogens with one attached hydrogen (secondary N) is 1. The lowest BCUT2D eigenvalue weighted by Gasteiger charge is -2.10. The third kappa shape index (κ3) is 2.66. The number of aromatic nitrogens is 3. The maximum absolute atomic E-state index is 9.18. The van der Waals surface area contributed by atoms with Crippen LogP contribution in [0.1, 0.15) is 30.3 Å². The van der Waals surface area contributed by atoms with Gasteiger partial charge in [0.1, 0.15) is 24.3 Å². The van der Waals surface area contributed by atoms with Gasteiger partial charge in [0.2, 0.25) is 0 Å². The molecular weight excluding hydrogens is 252 g/mol. The van der Waals surface area contributed by atoms with Crippen molar-refractivity contribution in [2.75, 3.05) is 6.54 Å². The van der Waals surface area contributed by atoms with E-state index in [0.29, 0.717) is 12.4 Å². The molecule has 0 aliphatic heterocycles. The molecule has 6 nitrogen and oxygen atoms in total. The first-order valence-corrected chi connectivity index (χ1v) is 6.34. The summed E-state index contributed by atoms with van der Waals surface area (Å²) < 4.78 is 1.56. The Kier molecular flexibility index (Phi) is 4.43. The quantitative estimate of drug-likeness (QED) is 0.828. The lowest BCUT2D eigenvalue weighted by molar-refractivity contribution is 0.670. The van der Waals surface area contributed by atoms with E-state index >= 15 is 0 Å². The van der Waals surface area contributed by atoms with E-state index in [0.717, 1.165) is 18.5 Å². The summed E-state index contributed by atoms with van der Waals surface area (Å²) >= 11 is 0. The molecule has 20 heavy (non-hydrogen) atoms. The van der Waals surface area contributed by atoms with Crippen molar-refractivity contribution in [3.05, 3.63) is 41.6 Å². The summed E-state index contributed by atoms with van der Waals surface area (Å²) in [6.07, 6.45) is 4.16. The van der Waals surface area contributed by atoms with Crippen molar-refractivity contribution in [2.24, 2.45) is 0 Å². The minimum atomic E-state index is 0.116. The molecule has 100 valence electrons. The molecular formula is C14H14N6. The molecule has 0 bridgehead atoms. The van der Waals surface area contributed by atoms with E-state index in [-0.39, 0.29) is 11.4 Å².